The van der Waals surface area contributed by atoms with Gasteiger partial charge in [-0.2, -0.15) is 8.42 Å². The van der Waals surface area contributed by atoms with Crippen molar-refractivity contribution in [3.05, 3.63) is 29.8 Å². The van der Waals surface area contributed by atoms with Gasteiger partial charge in [0.1, 0.15) is 5.60 Å². The second-order valence-corrected chi connectivity index (χ2v) is 9.77. The van der Waals surface area contributed by atoms with Gasteiger partial charge in [-0.1, -0.05) is 17.7 Å². The number of amides is 1. The van der Waals surface area contributed by atoms with E-state index in [1.54, 1.807) is 29.2 Å². The van der Waals surface area contributed by atoms with Crippen molar-refractivity contribution in [2.75, 3.05) is 19.7 Å². The van der Waals surface area contributed by atoms with Crippen molar-refractivity contribution in [3.63, 3.8) is 0 Å². The summed E-state index contributed by atoms with van der Waals surface area (Å²) in [7, 11) is -3.78. The molecule has 1 aliphatic carbocycles. The number of rotatable bonds is 4. The summed E-state index contributed by atoms with van der Waals surface area (Å²) in [5.41, 5.74) is 0.195. The van der Waals surface area contributed by atoms with Gasteiger partial charge in [-0.3, -0.25) is 4.18 Å². The lowest BCUT2D eigenvalue weighted by atomic mass is 10.1. The Morgan fingerprint density at radius 1 is 1.28 bits per heavy atom. The number of nitrogens with zero attached hydrogens (tertiary/aromatic N) is 1. The first-order valence-corrected chi connectivity index (χ1v) is 9.86. The molecule has 0 N–H and O–H groups in total. The van der Waals surface area contributed by atoms with Crippen molar-refractivity contribution < 1.29 is 22.1 Å². The highest BCUT2D eigenvalue weighted by Crippen LogP contribution is 2.58. The van der Waals surface area contributed by atoms with Crippen LogP contribution in [-0.4, -0.2) is 44.7 Å². The van der Waals surface area contributed by atoms with E-state index in [9.17, 15) is 13.2 Å². The number of carbonyl (C=O) groups excluding carboxylic acids is 1. The van der Waals surface area contributed by atoms with Gasteiger partial charge < -0.3 is 9.64 Å². The van der Waals surface area contributed by atoms with Crippen LogP contribution in [0.4, 0.5) is 4.79 Å². The molecule has 138 valence electrons. The first-order valence-electron chi connectivity index (χ1n) is 8.45. The summed E-state index contributed by atoms with van der Waals surface area (Å²) in [5, 5.41) is 0. The van der Waals surface area contributed by atoms with Gasteiger partial charge in [-0.05, 0) is 52.2 Å². The number of likely N-dealkylation sites (tertiary alicyclic amines) is 1. The molecule has 2 aliphatic rings. The van der Waals surface area contributed by atoms with E-state index in [4.69, 9.17) is 8.92 Å². The second kappa shape index (κ2) is 5.99. The molecule has 1 amide bonds. The van der Waals surface area contributed by atoms with Crippen molar-refractivity contribution in [3.8, 4) is 0 Å². The fourth-order valence-electron chi connectivity index (χ4n) is 3.25. The van der Waals surface area contributed by atoms with Gasteiger partial charge >= 0.3 is 6.09 Å². The molecule has 0 aromatic heterocycles. The smallest absolute Gasteiger partial charge is 0.410 e. The maximum Gasteiger partial charge on any atom is 0.410 e. The summed E-state index contributed by atoms with van der Waals surface area (Å²) >= 11 is 0. The Labute approximate surface area is 149 Å². The molecule has 7 heteroatoms. The fraction of sp³-hybridized carbons (Fsp3) is 0.611. The maximum atomic E-state index is 12.3. The molecule has 1 saturated heterocycles. The van der Waals surface area contributed by atoms with Gasteiger partial charge in [0.2, 0.25) is 0 Å². The fourth-order valence-corrected chi connectivity index (χ4v) is 4.25. The molecule has 2 unspecified atom stereocenters. The topological polar surface area (TPSA) is 72.9 Å². The van der Waals surface area contributed by atoms with Crippen LogP contribution in [0.25, 0.3) is 0 Å². The van der Waals surface area contributed by atoms with Crippen molar-refractivity contribution in [2.45, 2.75) is 44.6 Å². The van der Waals surface area contributed by atoms with Crippen molar-refractivity contribution >= 4 is 16.2 Å². The van der Waals surface area contributed by atoms with Crippen molar-refractivity contribution in [2.24, 2.45) is 11.3 Å². The number of hydrogen-bond donors (Lipinski definition) is 0. The normalized spacial score (nSPS) is 25.6. The lowest BCUT2D eigenvalue weighted by Crippen LogP contribution is -2.37. The maximum absolute atomic E-state index is 12.3. The Kier molecular flexibility index (Phi) is 4.36. The molecule has 1 aromatic carbocycles. The summed E-state index contributed by atoms with van der Waals surface area (Å²) in [5.74, 6) is 0.285. The minimum atomic E-state index is -3.78. The van der Waals surface area contributed by atoms with Gasteiger partial charge in [-0.25, -0.2) is 4.79 Å². The molecule has 1 heterocycles. The Morgan fingerprint density at radius 2 is 1.92 bits per heavy atom. The minimum absolute atomic E-state index is 0.104. The largest absolute Gasteiger partial charge is 0.444 e. The lowest BCUT2D eigenvalue weighted by molar-refractivity contribution is 0.0255. The summed E-state index contributed by atoms with van der Waals surface area (Å²) in [6, 6.07) is 6.59. The van der Waals surface area contributed by atoms with E-state index in [2.05, 4.69) is 0 Å². The van der Waals surface area contributed by atoms with Crippen LogP contribution in [0.1, 0.15) is 32.8 Å². The van der Waals surface area contributed by atoms with Crippen molar-refractivity contribution in [1.29, 1.82) is 0 Å². The van der Waals surface area contributed by atoms with E-state index in [0.717, 1.165) is 12.0 Å². The standard InChI is InChI=1S/C18H25NO5S/c1-13-5-7-15(8-6-13)25(21,22)23-12-18-9-14(18)10-19(11-18)16(20)24-17(2,3)4/h5-8,14H,9-12H2,1-4H3. The van der Waals surface area contributed by atoms with Crippen LogP contribution in [0.2, 0.25) is 0 Å². The van der Waals surface area contributed by atoms with Crippen LogP contribution in [0, 0.1) is 18.3 Å². The van der Waals surface area contributed by atoms with Gasteiger partial charge in [0.25, 0.3) is 10.1 Å². The lowest BCUT2D eigenvalue weighted by Gasteiger charge is -2.26. The quantitative estimate of drug-likeness (QED) is 0.765. The summed E-state index contributed by atoms with van der Waals surface area (Å²) in [6.07, 6.45) is 0.538. The van der Waals surface area contributed by atoms with E-state index in [1.807, 2.05) is 27.7 Å². The molecule has 1 saturated carbocycles. The zero-order chi connectivity index (χ0) is 18.5. The molecule has 2 atom stereocenters. The van der Waals surface area contributed by atoms with E-state index >= 15 is 0 Å². The molecule has 2 fully saturated rings. The van der Waals surface area contributed by atoms with Crippen LogP contribution in [0.5, 0.6) is 0 Å². The molecular weight excluding hydrogens is 342 g/mol. The summed E-state index contributed by atoms with van der Waals surface area (Å²) in [6.45, 7) is 8.57. The number of carbonyl (C=O) groups is 1. The molecule has 1 aromatic rings. The number of hydrogen-bond acceptors (Lipinski definition) is 5. The number of aryl methyl sites for hydroxylation is 1. The van der Waals surface area contributed by atoms with E-state index < -0.39 is 15.7 Å². The Hall–Kier alpha value is -1.60. The monoisotopic (exact) mass is 367 g/mol. The van der Waals surface area contributed by atoms with E-state index in [0.29, 0.717) is 13.1 Å². The zero-order valence-electron chi connectivity index (χ0n) is 15.1. The minimum Gasteiger partial charge on any atom is -0.444 e. The van der Waals surface area contributed by atoms with Crippen LogP contribution in [0.15, 0.2) is 29.2 Å². The van der Waals surface area contributed by atoms with Crippen LogP contribution in [-0.2, 0) is 19.0 Å². The Morgan fingerprint density at radius 3 is 2.52 bits per heavy atom. The SMILES string of the molecule is Cc1ccc(S(=O)(=O)OCC23CC2CN(C(=O)OC(C)(C)C)C3)cc1. The first-order chi connectivity index (χ1) is 11.5. The van der Waals surface area contributed by atoms with Crippen molar-refractivity contribution in [1.82, 2.24) is 4.90 Å². The zero-order valence-corrected chi connectivity index (χ0v) is 15.9. The molecule has 0 radical (unpaired) electrons. The van der Waals surface area contributed by atoms with Gasteiger partial charge in [0, 0.05) is 18.5 Å². The second-order valence-electron chi connectivity index (χ2n) is 8.15. The molecule has 6 nitrogen and oxygen atoms in total. The number of piperidine rings is 1. The first kappa shape index (κ1) is 18.2. The highest BCUT2D eigenvalue weighted by molar-refractivity contribution is 7.86. The molecule has 1 aliphatic heterocycles. The molecule has 25 heavy (non-hydrogen) atoms. The average molecular weight is 367 g/mol. The Bertz CT molecular complexity index is 766. The third kappa shape index (κ3) is 3.98. The molecule has 0 spiro atoms. The number of ether oxygens (including phenoxy) is 1. The average Bonchev–Trinajstić information content (AvgIpc) is 3.05. The third-order valence-corrected chi connectivity index (χ3v) is 6.05. The van der Waals surface area contributed by atoms with Gasteiger partial charge in [0.05, 0.1) is 11.5 Å². The molecular formula is C18H25NO5S. The highest BCUT2D eigenvalue weighted by Gasteiger charge is 2.61. The predicted molar refractivity (Wildman–Crippen MR) is 92.7 cm³/mol. The summed E-state index contributed by atoms with van der Waals surface area (Å²) < 4.78 is 35.4. The van der Waals surface area contributed by atoms with E-state index in [1.165, 1.54) is 0 Å². The molecule has 0 bridgehead atoms. The van der Waals surface area contributed by atoms with Crippen LogP contribution in [0.3, 0.4) is 0 Å². The third-order valence-electron chi connectivity index (χ3n) is 4.77. The molecule has 3 rings (SSSR count). The number of benzene rings is 1. The highest BCUT2D eigenvalue weighted by atomic mass is 32.2. The van der Waals surface area contributed by atoms with Gasteiger partial charge in [-0.15, -0.1) is 0 Å². The van der Waals surface area contributed by atoms with Crippen LogP contribution < -0.4 is 0 Å². The Balaban J connectivity index is 1.59. The predicted octanol–water partition coefficient (Wildman–Crippen LogP) is 2.96. The number of fused-ring (bicyclic) bond motifs is 1. The van der Waals surface area contributed by atoms with Crippen LogP contribution >= 0.6 is 0 Å². The van der Waals surface area contributed by atoms with Gasteiger partial charge in [0.15, 0.2) is 0 Å². The summed E-state index contributed by atoms with van der Waals surface area (Å²) in [4.78, 5) is 14.0. The van der Waals surface area contributed by atoms with E-state index in [-0.39, 0.29) is 28.9 Å².